The zero-order valence-electron chi connectivity index (χ0n) is 11.9. The summed E-state index contributed by atoms with van der Waals surface area (Å²) < 4.78 is 37.7. The molecule has 0 spiro atoms. The van der Waals surface area contributed by atoms with Gasteiger partial charge in [0.1, 0.15) is 0 Å². The van der Waals surface area contributed by atoms with Crippen molar-refractivity contribution in [2.24, 2.45) is 0 Å². The molecule has 2 heterocycles. The zero-order valence-corrected chi connectivity index (χ0v) is 12.7. The lowest BCUT2D eigenvalue weighted by atomic mass is 10.0. The van der Waals surface area contributed by atoms with Crippen molar-refractivity contribution in [3.63, 3.8) is 0 Å². The van der Waals surface area contributed by atoms with Crippen LogP contribution in [0.15, 0.2) is 47.4 Å². The minimum atomic E-state index is -3.53. The fourth-order valence-electron chi connectivity index (χ4n) is 2.86. The molecule has 22 heavy (non-hydrogen) atoms. The predicted molar refractivity (Wildman–Crippen MR) is 80.3 cm³/mol. The van der Waals surface area contributed by atoms with E-state index in [1.54, 1.807) is 12.1 Å². The van der Waals surface area contributed by atoms with E-state index in [0.29, 0.717) is 24.6 Å². The van der Waals surface area contributed by atoms with Crippen LogP contribution in [-0.2, 0) is 23.0 Å². The van der Waals surface area contributed by atoms with Gasteiger partial charge < -0.3 is 9.47 Å². The summed E-state index contributed by atoms with van der Waals surface area (Å²) in [7, 11) is -3.53. The van der Waals surface area contributed by atoms with Gasteiger partial charge in [-0.3, -0.25) is 0 Å². The summed E-state index contributed by atoms with van der Waals surface area (Å²) in [6, 6.07) is 12.7. The monoisotopic (exact) mass is 317 g/mol. The molecule has 0 saturated carbocycles. The fourth-order valence-corrected chi connectivity index (χ4v) is 4.30. The van der Waals surface area contributed by atoms with E-state index in [-0.39, 0.29) is 11.7 Å². The van der Waals surface area contributed by atoms with Gasteiger partial charge in [-0.15, -0.1) is 0 Å². The third-order valence-electron chi connectivity index (χ3n) is 4.08. The summed E-state index contributed by atoms with van der Waals surface area (Å²) in [4.78, 5) is 0.246. The molecule has 5 nitrogen and oxygen atoms in total. The van der Waals surface area contributed by atoms with Crippen molar-refractivity contribution in [2.45, 2.75) is 17.9 Å². The maximum absolute atomic E-state index is 12.8. The summed E-state index contributed by atoms with van der Waals surface area (Å²) in [5.41, 5.74) is 2.29. The molecule has 0 radical (unpaired) electrons. The van der Waals surface area contributed by atoms with Crippen LogP contribution in [0.2, 0.25) is 0 Å². The van der Waals surface area contributed by atoms with Gasteiger partial charge in [0.05, 0.1) is 4.90 Å². The lowest BCUT2D eigenvalue weighted by molar-refractivity contribution is 0.174. The van der Waals surface area contributed by atoms with Gasteiger partial charge in [0, 0.05) is 19.2 Å². The lowest BCUT2D eigenvalue weighted by Crippen LogP contribution is -2.35. The molecule has 0 amide bonds. The van der Waals surface area contributed by atoms with Gasteiger partial charge in [-0.05, 0) is 29.7 Å². The van der Waals surface area contributed by atoms with Crippen molar-refractivity contribution in [3.05, 3.63) is 53.6 Å². The molecule has 0 fully saturated rings. The van der Waals surface area contributed by atoms with E-state index < -0.39 is 10.0 Å². The predicted octanol–water partition coefficient (Wildman–Crippen LogP) is 2.16. The SMILES string of the molecule is O=S(=O)(c1ccc2c(c1)OCO2)N1CCc2ccccc2C1. The molecular formula is C16H15NO4S. The van der Waals surface area contributed by atoms with Gasteiger partial charge in [-0.1, -0.05) is 24.3 Å². The number of rotatable bonds is 2. The van der Waals surface area contributed by atoms with Crippen molar-refractivity contribution in [1.29, 1.82) is 0 Å². The van der Waals surface area contributed by atoms with Gasteiger partial charge in [0.25, 0.3) is 0 Å². The number of sulfonamides is 1. The molecule has 2 aliphatic rings. The van der Waals surface area contributed by atoms with Crippen LogP contribution in [-0.4, -0.2) is 26.1 Å². The largest absolute Gasteiger partial charge is 0.454 e. The molecule has 0 aliphatic carbocycles. The normalized spacial score (nSPS) is 17.3. The Bertz CT molecular complexity index is 832. The van der Waals surface area contributed by atoms with Crippen molar-refractivity contribution in [2.75, 3.05) is 13.3 Å². The van der Waals surface area contributed by atoms with Crippen LogP contribution in [0.5, 0.6) is 11.5 Å². The highest BCUT2D eigenvalue weighted by Gasteiger charge is 2.29. The third-order valence-corrected chi connectivity index (χ3v) is 5.92. The Morgan fingerprint density at radius 3 is 2.59 bits per heavy atom. The van der Waals surface area contributed by atoms with Crippen LogP contribution in [0.3, 0.4) is 0 Å². The highest BCUT2D eigenvalue weighted by atomic mass is 32.2. The minimum absolute atomic E-state index is 0.135. The Hall–Kier alpha value is -2.05. The second-order valence-corrected chi connectivity index (χ2v) is 7.31. The first-order chi connectivity index (χ1) is 10.6. The summed E-state index contributed by atoms with van der Waals surface area (Å²) in [5.74, 6) is 1.07. The molecule has 2 aliphatic heterocycles. The van der Waals surface area contributed by atoms with Gasteiger partial charge in [0.15, 0.2) is 11.5 Å². The number of nitrogens with zero attached hydrogens (tertiary/aromatic N) is 1. The first kappa shape index (κ1) is 13.6. The van der Waals surface area contributed by atoms with E-state index in [1.165, 1.54) is 15.9 Å². The maximum Gasteiger partial charge on any atom is 0.243 e. The molecule has 2 aromatic carbocycles. The quantitative estimate of drug-likeness (QED) is 0.852. The summed E-state index contributed by atoms with van der Waals surface area (Å²) in [6.45, 7) is 1.04. The molecule has 0 unspecified atom stereocenters. The average Bonchev–Trinajstić information content (AvgIpc) is 3.02. The number of benzene rings is 2. The van der Waals surface area contributed by atoms with E-state index >= 15 is 0 Å². The smallest absolute Gasteiger partial charge is 0.243 e. The number of fused-ring (bicyclic) bond motifs is 2. The van der Waals surface area contributed by atoms with Crippen molar-refractivity contribution >= 4 is 10.0 Å². The highest BCUT2D eigenvalue weighted by Crippen LogP contribution is 2.35. The summed E-state index contributed by atoms with van der Waals surface area (Å²) >= 11 is 0. The molecule has 114 valence electrons. The van der Waals surface area contributed by atoms with E-state index in [2.05, 4.69) is 6.07 Å². The van der Waals surface area contributed by atoms with Crippen LogP contribution in [0.25, 0.3) is 0 Å². The van der Waals surface area contributed by atoms with Gasteiger partial charge in [-0.25, -0.2) is 8.42 Å². The second kappa shape index (κ2) is 5.00. The first-order valence-corrected chi connectivity index (χ1v) is 8.55. The Balaban J connectivity index is 1.67. The Labute approximate surface area is 129 Å². The topological polar surface area (TPSA) is 55.8 Å². The van der Waals surface area contributed by atoms with Gasteiger partial charge in [0.2, 0.25) is 16.8 Å². The van der Waals surface area contributed by atoms with Crippen molar-refractivity contribution < 1.29 is 17.9 Å². The highest BCUT2D eigenvalue weighted by molar-refractivity contribution is 7.89. The van der Waals surface area contributed by atoms with Crippen LogP contribution in [0.4, 0.5) is 0 Å². The molecule has 0 atom stereocenters. The van der Waals surface area contributed by atoms with Crippen LogP contribution in [0.1, 0.15) is 11.1 Å². The lowest BCUT2D eigenvalue weighted by Gasteiger charge is -2.28. The maximum atomic E-state index is 12.8. The summed E-state index contributed by atoms with van der Waals surface area (Å²) in [5, 5.41) is 0. The van der Waals surface area contributed by atoms with E-state index in [4.69, 9.17) is 9.47 Å². The molecule has 6 heteroatoms. The molecular weight excluding hydrogens is 302 g/mol. The Morgan fingerprint density at radius 2 is 1.73 bits per heavy atom. The van der Waals surface area contributed by atoms with Crippen LogP contribution < -0.4 is 9.47 Å². The molecule has 2 aromatic rings. The summed E-state index contributed by atoms with van der Waals surface area (Å²) in [6.07, 6.45) is 0.736. The zero-order chi connectivity index (χ0) is 15.2. The third kappa shape index (κ3) is 2.15. The van der Waals surface area contributed by atoms with Crippen molar-refractivity contribution in [3.8, 4) is 11.5 Å². The number of ether oxygens (including phenoxy) is 2. The molecule has 4 rings (SSSR count). The molecule has 0 aromatic heterocycles. The molecule has 0 saturated heterocycles. The van der Waals surface area contributed by atoms with Crippen molar-refractivity contribution in [1.82, 2.24) is 4.31 Å². The molecule has 0 bridgehead atoms. The Morgan fingerprint density at radius 1 is 0.955 bits per heavy atom. The van der Waals surface area contributed by atoms with E-state index in [1.807, 2.05) is 18.2 Å². The first-order valence-electron chi connectivity index (χ1n) is 7.11. The van der Waals surface area contributed by atoms with E-state index in [9.17, 15) is 8.42 Å². The van der Waals surface area contributed by atoms with Gasteiger partial charge >= 0.3 is 0 Å². The molecule has 0 N–H and O–H groups in total. The number of hydrogen-bond donors (Lipinski definition) is 0. The fraction of sp³-hybridized carbons (Fsp3) is 0.250. The van der Waals surface area contributed by atoms with Crippen LogP contribution in [0, 0.1) is 0 Å². The standard InChI is InChI=1S/C16H15NO4S/c18-22(19,14-5-6-15-16(9-14)21-11-20-15)17-8-7-12-3-1-2-4-13(12)10-17/h1-6,9H,7-8,10-11H2. The minimum Gasteiger partial charge on any atom is -0.454 e. The second-order valence-electron chi connectivity index (χ2n) is 5.37. The van der Waals surface area contributed by atoms with Gasteiger partial charge in [-0.2, -0.15) is 4.31 Å². The number of hydrogen-bond acceptors (Lipinski definition) is 4. The van der Waals surface area contributed by atoms with Crippen LogP contribution >= 0.6 is 0 Å². The van der Waals surface area contributed by atoms with E-state index in [0.717, 1.165) is 12.0 Å². The average molecular weight is 317 g/mol. The Kier molecular flexibility index (Phi) is 3.09.